The molecule has 1 fully saturated rings. The highest BCUT2D eigenvalue weighted by molar-refractivity contribution is 7.54. The lowest BCUT2D eigenvalue weighted by Crippen LogP contribution is -2.41. The van der Waals surface area contributed by atoms with Crippen LogP contribution in [0.3, 0.4) is 0 Å². The molecule has 5 unspecified atom stereocenters. The molecule has 0 aliphatic carbocycles. The van der Waals surface area contributed by atoms with Gasteiger partial charge < -0.3 is 34.0 Å². The minimum atomic E-state index is -4.58. The first kappa shape index (κ1) is 25.7. The van der Waals surface area contributed by atoms with Gasteiger partial charge >= 0.3 is 13.3 Å². The Kier molecular flexibility index (Phi) is 7.24. The fourth-order valence-electron chi connectivity index (χ4n) is 3.38. The Morgan fingerprint density at radius 1 is 1.29 bits per heavy atom. The van der Waals surface area contributed by atoms with Crippen LogP contribution in [0.25, 0.3) is 0 Å². The molecule has 1 saturated heterocycles. The van der Waals surface area contributed by atoms with Gasteiger partial charge in [0, 0.05) is 26.7 Å². The Bertz CT molecular complexity index is 1000. The molecule has 1 aromatic heterocycles. The molecule has 12 heteroatoms. The van der Waals surface area contributed by atoms with E-state index in [-0.39, 0.29) is 18.4 Å². The van der Waals surface area contributed by atoms with Crippen molar-refractivity contribution in [3.05, 3.63) is 45.3 Å². The second-order valence-electron chi connectivity index (χ2n) is 8.34. The van der Waals surface area contributed by atoms with Crippen LogP contribution in [0.1, 0.15) is 45.3 Å². The zero-order chi connectivity index (χ0) is 23.9. The second-order valence-corrected chi connectivity index (χ2v) is 10.5. The number of ether oxygens (including phenoxy) is 1. The Morgan fingerprint density at radius 2 is 1.87 bits per heavy atom. The number of rotatable bonds is 8. The summed E-state index contributed by atoms with van der Waals surface area (Å²) in [7, 11) is -1.85. The van der Waals surface area contributed by atoms with Gasteiger partial charge in [-0.05, 0) is 26.3 Å². The van der Waals surface area contributed by atoms with Crippen LogP contribution in [0.15, 0.2) is 28.4 Å². The number of hydrogen-bond donors (Lipinski definition) is 4. The van der Waals surface area contributed by atoms with Crippen molar-refractivity contribution in [3.63, 3.8) is 0 Å². The molecule has 31 heavy (non-hydrogen) atoms. The molecule has 0 radical (unpaired) electrons. The first-order chi connectivity index (χ1) is 14.1. The summed E-state index contributed by atoms with van der Waals surface area (Å²) in [4.78, 5) is 34.7. The molecule has 0 amide bonds. The molecule has 1 aliphatic heterocycles. The topological polar surface area (TPSA) is 160 Å². The van der Waals surface area contributed by atoms with Crippen molar-refractivity contribution in [1.82, 2.24) is 9.13 Å². The van der Waals surface area contributed by atoms with Crippen molar-refractivity contribution in [2.45, 2.75) is 69.0 Å². The van der Waals surface area contributed by atoms with Crippen LogP contribution in [0, 0.1) is 0 Å². The van der Waals surface area contributed by atoms with Crippen molar-refractivity contribution in [2.75, 3.05) is 0 Å². The quantitative estimate of drug-likeness (QED) is 0.305. The SMILES string of the molecule is C=CC(C)(O)P(=O)(O)OC(C)(CC)CC1OC(c2cn(C)c(=O)n(C)c2=O)[C@H](O)[C@@H]1O. The highest BCUT2D eigenvalue weighted by Gasteiger charge is 2.50. The van der Waals surface area contributed by atoms with Gasteiger partial charge in [-0.25, -0.2) is 4.79 Å². The molecule has 7 atom stereocenters. The van der Waals surface area contributed by atoms with Crippen molar-refractivity contribution in [2.24, 2.45) is 14.1 Å². The minimum absolute atomic E-state index is 0.0137. The fourth-order valence-corrected chi connectivity index (χ4v) is 4.60. The summed E-state index contributed by atoms with van der Waals surface area (Å²) in [6.45, 7) is 7.62. The first-order valence-electron chi connectivity index (χ1n) is 9.78. The van der Waals surface area contributed by atoms with Crippen LogP contribution in [-0.4, -0.2) is 58.6 Å². The normalized spacial score (nSPS) is 29.7. The van der Waals surface area contributed by atoms with Crippen LogP contribution in [-0.2, 0) is 27.9 Å². The molecule has 1 aromatic rings. The van der Waals surface area contributed by atoms with Gasteiger partial charge in [0.15, 0.2) is 5.34 Å². The molecule has 0 aromatic carbocycles. The maximum Gasteiger partial charge on any atom is 0.363 e. The molecule has 0 bridgehead atoms. The Morgan fingerprint density at radius 3 is 2.39 bits per heavy atom. The summed E-state index contributed by atoms with van der Waals surface area (Å²) in [5, 5.41) is 29.0. The average Bonchev–Trinajstić information content (AvgIpc) is 2.96. The lowest BCUT2D eigenvalue weighted by molar-refractivity contribution is -0.0514. The standard InChI is InChI=1S/C19H31N2O9P/c1-7-18(3,30-31(27,28)19(4,26)8-2)9-12-13(22)14(23)15(29-12)11-10-20(5)17(25)21(6)16(11)24/h8,10,12-15,22-23,26H,2,7,9H2,1,3-6H3,(H,27,28)/t12?,13-,14-,15?,18?,19?/m1/s1. The van der Waals surface area contributed by atoms with Crippen LogP contribution in [0.2, 0.25) is 0 Å². The number of hydrogen-bond acceptors (Lipinski definition) is 8. The van der Waals surface area contributed by atoms with Gasteiger partial charge in [-0.15, -0.1) is 0 Å². The number of aryl methyl sites for hydroxylation is 1. The maximum absolute atomic E-state index is 12.6. The summed E-state index contributed by atoms with van der Waals surface area (Å²) in [6.07, 6.45) is -2.95. The largest absolute Gasteiger partial charge is 0.388 e. The molecule has 2 heterocycles. The van der Waals surface area contributed by atoms with E-state index in [9.17, 15) is 34.4 Å². The molecule has 4 N–H and O–H groups in total. The lowest BCUT2D eigenvalue weighted by atomic mass is 9.92. The highest BCUT2D eigenvalue weighted by Crippen LogP contribution is 2.58. The van der Waals surface area contributed by atoms with Crippen molar-refractivity contribution in [3.8, 4) is 0 Å². The highest BCUT2D eigenvalue weighted by atomic mass is 31.2. The van der Waals surface area contributed by atoms with Gasteiger partial charge in [-0.2, -0.15) is 0 Å². The predicted octanol–water partition coefficient (Wildman–Crippen LogP) is -0.0990. The van der Waals surface area contributed by atoms with Crippen LogP contribution in [0.4, 0.5) is 0 Å². The summed E-state index contributed by atoms with van der Waals surface area (Å²) in [6, 6.07) is 0. The van der Waals surface area contributed by atoms with E-state index in [0.717, 1.165) is 22.1 Å². The van der Waals surface area contributed by atoms with E-state index in [0.29, 0.717) is 0 Å². The number of aliphatic hydroxyl groups excluding tert-OH is 2. The molecule has 0 saturated carbocycles. The first-order valence-corrected chi connectivity index (χ1v) is 11.4. The number of nitrogens with zero attached hydrogens (tertiary/aromatic N) is 2. The van der Waals surface area contributed by atoms with Crippen molar-refractivity contribution in [1.29, 1.82) is 0 Å². The van der Waals surface area contributed by atoms with Crippen molar-refractivity contribution >= 4 is 7.60 Å². The third-order valence-electron chi connectivity index (χ3n) is 5.83. The fraction of sp³-hybridized carbons (Fsp3) is 0.684. The van der Waals surface area contributed by atoms with Crippen LogP contribution in [0.5, 0.6) is 0 Å². The molecule has 1 aliphatic rings. The van der Waals surface area contributed by atoms with Gasteiger partial charge in [0.05, 0.1) is 17.3 Å². The maximum atomic E-state index is 12.6. The van der Waals surface area contributed by atoms with Crippen molar-refractivity contribution < 1.29 is 34.0 Å². The minimum Gasteiger partial charge on any atom is -0.388 e. The molecule has 11 nitrogen and oxygen atoms in total. The van der Waals surface area contributed by atoms with Gasteiger partial charge in [0.1, 0.15) is 18.3 Å². The summed E-state index contributed by atoms with van der Waals surface area (Å²) in [5.74, 6) is 0. The van der Waals surface area contributed by atoms with E-state index in [1.807, 2.05) is 0 Å². The summed E-state index contributed by atoms with van der Waals surface area (Å²) in [5.41, 5.74) is -2.57. The third kappa shape index (κ3) is 4.78. The smallest absolute Gasteiger partial charge is 0.363 e. The summed E-state index contributed by atoms with van der Waals surface area (Å²) < 4.78 is 25.8. The molecule has 2 rings (SSSR count). The van der Waals surface area contributed by atoms with Gasteiger partial charge in [0.25, 0.3) is 5.56 Å². The Labute approximate surface area is 179 Å². The molecular weight excluding hydrogens is 431 g/mol. The van der Waals surface area contributed by atoms with E-state index >= 15 is 0 Å². The number of aromatic nitrogens is 2. The van der Waals surface area contributed by atoms with E-state index < -0.39 is 54.2 Å². The Balaban J connectivity index is 2.33. The lowest BCUT2D eigenvalue weighted by Gasteiger charge is -2.36. The van der Waals surface area contributed by atoms with E-state index in [1.165, 1.54) is 27.2 Å². The third-order valence-corrected chi connectivity index (χ3v) is 7.84. The zero-order valence-corrected chi connectivity index (χ0v) is 19.2. The second kappa shape index (κ2) is 8.74. The van der Waals surface area contributed by atoms with E-state index in [1.54, 1.807) is 6.92 Å². The van der Waals surface area contributed by atoms with Crippen LogP contribution < -0.4 is 11.2 Å². The van der Waals surface area contributed by atoms with E-state index in [4.69, 9.17) is 9.26 Å². The van der Waals surface area contributed by atoms with Gasteiger partial charge in [-0.1, -0.05) is 13.5 Å². The van der Waals surface area contributed by atoms with Crippen LogP contribution >= 0.6 is 7.60 Å². The Hall–Kier alpha value is -1.59. The summed E-state index contributed by atoms with van der Waals surface area (Å²) >= 11 is 0. The zero-order valence-electron chi connectivity index (χ0n) is 18.3. The molecule has 0 spiro atoms. The predicted molar refractivity (Wildman–Crippen MR) is 112 cm³/mol. The van der Waals surface area contributed by atoms with Gasteiger partial charge in [-0.3, -0.25) is 13.9 Å². The monoisotopic (exact) mass is 462 g/mol. The molecular formula is C19H31N2O9P. The van der Waals surface area contributed by atoms with Gasteiger partial charge in [0.2, 0.25) is 0 Å². The molecule has 176 valence electrons. The van der Waals surface area contributed by atoms with E-state index in [2.05, 4.69) is 6.58 Å². The average molecular weight is 462 g/mol. The number of aliphatic hydroxyl groups is 3.